The molecule has 2 aromatic rings. The number of nitrogens with two attached hydrogens (primary N) is 1. The lowest BCUT2D eigenvalue weighted by Gasteiger charge is -2.18. The number of halogens is 1. The van der Waals surface area contributed by atoms with E-state index in [1.807, 2.05) is 0 Å². The number of hydrogen-bond acceptors (Lipinski definition) is 1. The molecule has 1 aliphatic carbocycles. The van der Waals surface area contributed by atoms with E-state index < -0.39 is 0 Å². The van der Waals surface area contributed by atoms with Gasteiger partial charge in [0.2, 0.25) is 0 Å². The highest BCUT2D eigenvalue weighted by molar-refractivity contribution is 5.85. The second kappa shape index (κ2) is 5.11. The molecule has 0 unspecified atom stereocenters. The first-order valence-electron chi connectivity index (χ1n) is 6.18. The van der Waals surface area contributed by atoms with E-state index in [0.717, 1.165) is 0 Å². The van der Waals surface area contributed by atoms with Crippen LogP contribution in [0.4, 0.5) is 0 Å². The molecule has 0 aliphatic heterocycles. The van der Waals surface area contributed by atoms with Crippen LogP contribution in [-0.2, 0) is 0 Å². The van der Waals surface area contributed by atoms with Crippen molar-refractivity contribution in [2.75, 3.05) is 0 Å². The predicted molar refractivity (Wildman–Crippen MR) is 74.4 cm³/mol. The summed E-state index contributed by atoms with van der Waals surface area (Å²) in [5, 5.41) is 1.29. The molecule has 0 bridgehead atoms. The van der Waals surface area contributed by atoms with Crippen LogP contribution in [0.5, 0.6) is 0 Å². The molecular weight excluding hydrogens is 232 g/mol. The van der Waals surface area contributed by atoms with Gasteiger partial charge in [0.1, 0.15) is 0 Å². The molecule has 1 saturated carbocycles. The minimum absolute atomic E-state index is 0. The Balaban J connectivity index is 0.00000108. The summed E-state index contributed by atoms with van der Waals surface area (Å²) in [6.45, 7) is 0. The molecule has 1 heterocycles. The number of benzene rings is 1. The Kier molecular flexibility index (Phi) is 3.75. The van der Waals surface area contributed by atoms with Gasteiger partial charge in [-0.1, -0.05) is 31.0 Å². The van der Waals surface area contributed by atoms with Crippen LogP contribution in [0, 0.1) is 5.92 Å². The van der Waals surface area contributed by atoms with Gasteiger partial charge in [-0.15, -0.1) is 12.4 Å². The third kappa shape index (κ3) is 2.20. The number of aromatic amines is 1. The second-order valence-electron chi connectivity index (χ2n) is 4.86. The summed E-state index contributed by atoms with van der Waals surface area (Å²) in [5.74, 6) is 0.680. The maximum Gasteiger partial charge on any atom is 0.0457 e. The molecule has 1 aromatic heterocycles. The molecule has 3 N–H and O–H groups in total. The van der Waals surface area contributed by atoms with Crippen molar-refractivity contribution < 1.29 is 0 Å². The van der Waals surface area contributed by atoms with E-state index in [1.54, 1.807) is 0 Å². The number of para-hydroxylation sites is 1. The van der Waals surface area contributed by atoms with Crippen LogP contribution in [0.15, 0.2) is 30.5 Å². The van der Waals surface area contributed by atoms with Crippen LogP contribution in [0.2, 0.25) is 0 Å². The van der Waals surface area contributed by atoms with E-state index in [1.165, 1.54) is 42.1 Å². The molecule has 0 amide bonds. The molecule has 3 rings (SSSR count). The number of H-pyrrole nitrogens is 1. The fraction of sp³-hybridized carbons (Fsp3) is 0.429. The third-order valence-electron chi connectivity index (χ3n) is 3.89. The van der Waals surface area contributed by atoms with E-state index in [-0.39, 0.29) is 18.4 Å². The van der Waals surface area contributed by atoms with E-state index in [9.17, 15) is 0 Å². The van der Waals surface area contributed by atoms with E-state index in [0.29, 0.717) is 5.92 Å². The number of fused-ring (bicyclic) bond motifs is 1. The summed E-state index contributed by atoms with van der Waals surface area (Å²) in [6, 6.07) is 8.62. The summed E-state index contributed by atoms with van der Waals surface area (Å²) >= 11 is 0. The van der Waals surface area contributed by atoms with Crippen molar-refractivity contribution in [2.45, 2.75) is 31.7 Å². The minimum atomic E-state index is 0. The molecule has 0 saturated heterocycles. The van der Waals surface area contributed by atoms with Crippen molar-refractivity contribution in [1.82, 2.24) is 4.98 Å². The van der Waals surface area contributed by atoms with Crippen molar-refractivity contribution in [3.63, 3.8) is 0 Å². The lowest BCUT2D eigenvalue weighted by Crippen LogP contribution is -2.18. The lowest BCUT2D eigenvalue weighted by atomic mass is 9.92. The Morgan fingerprint density at radius 3 is 2.65 bits per heavy atom. The quantitative estimate of drug-likeness (QED) is 0.837. The molecule has 2 nitrogen and oxygen atoms in total. The predicted octanol–water partition coefficient (Wildman–Crippen LogP) is 3.78. The van der Waals surface area contributed by atoms with E-state index in [4.69, 9.17) is 5.73 Å². The normalized spacial score (nSPS) is 18.2. The van der Waals surface area contributed by atoms with Crippen molar-refractivity contribution in [3.8, 4) is 0 Å². The Hall–Kier alpha value is -0.990. The van der Waals surface area contributed by atoms with Gasteiger partial charge >= 0.3 is 0 Å². The van der Waals surface area contributed by atoms with Gasteiger partial charge in [-0.05, 0) is 30.4 Å². The Morgan fingerprint density at radius 2 is 1.88 bits per heavy atom. The molecule has 3 heteroatoms. The van der Waals surface area contributed by atoms with Crippen LogP contribution in [-0.4, -0.2) is 4.98 Å². The average molecular weight is 251 g/mol. The molecule has 92 valence electrons. The number of hydrogen-bond donors (Lipinski definition) is 2. The number of aromatic nitrogens is 1. The molecule has 1 fully saturated rings. The lowest BCUT2D eigenvalue weighted by molar-refractivity contribution is 0.447. The first-order valence-corrected chi connectivity index (χ1v) is 6.18. The van der Waals surface area contributed by atoms with Gasteiger partial charge in [0.05, 0.1) is 0 Å². The fourth-order valence-corrected chi connectivity index (χ4v) is 2.94. The molecule has 1 aromatic carbocycles. The van der Waals surface area contributed by atoms with Crippen LogP contribution in [0.1, 0.15) is 37.3 Å². The average Bonchev–Trinajstić information content (AvgIpc) is 2.98. The largest absolute Gasteiger partial charge is 0.361 e. The van der Waals surface area contributed by atoms with Gasteiger partial charge in [-0.25, -0.2) is 0 Å². The smallest absolute Gasteiger partial charge is 0.0457 e. The first kappa shape index (κ1) is 12.5. The Labute approximate surface area is 108 Å². The first-order chi connectivity index (χ1) is 7.86. The minimum Gasteiger partial charge on any atom is -0.361 e. The van der Waals surface area contributed by atoms with Gasteiger partial charge in [0.25, 0.3) is 0 Å². The molecule has 17 heavy (non-hydrogen) atoms. The fourth-order valence-electron chi connectivity index (χ4n) is 2.94. The van der Waals surface area contributed by atoms with Crippen LogP contribution in [0.3, 0.4) is 0 Å². The topological polar surface area (TPSA) is 41.8 Å². The zero-order chi connectivity index (χ0) is 11.0. The molecule has 1 atom stereocenters. The molecule has 0 radical (unpaired) electrons. The second-order valence-corrected chi connectivity index (χ2v) is 4.86. The SMILES string of the molecule is Cl.N[C@H](c1c[nH]c2ccccc12)C1CCCC1. The summed E-state index contributed by atoms with van der Waals surface area (Å²) < 4.78 is 0. The highest BCUT2D eigenvalue weighted by Crippen LogP contribution is 2.36. The van der Waals surface area contributed by atoms with Gasteiger partial charge in [0.15, 0.2) is 0 Å². The highest BCUT2D eigenvalue weighted by Gasteiger charge is 2.24. The van der Waals surface area contributed by atoms with Crippen molar-refractivity contribution in [1.29, 1.82) is 0 Å². The maximum absolute atomic E-state index is 6.39. The zero-order valence-corrected chi connectivity index (χ0v) is 10.7. The standard InChI is InChI=1S/C14H18N2.ClH/c15-14(10-5-1-2-6-10)12-9-16-13-8-4-3-7-11(12)13;/h3-4,7-10,14,16H,1-2,5-6,15H2;1H/t14-;/m0./s1. The molecule has 1 aliphatic rings. The number of rotatable bonds is 2. The molecular formula is C14H19ClN2. The van der Waals surface area contributed by atoms with Gasteiger partial charge in [0, 0.05) is 23.1 Å². The maximum atomic E-state index is 6.39. The van der Waals surface area contributed by atoms with E-state index in [2.05, 4.69) is 35.4 Å². The van der Waals surface area contributed by atoms with Gasteiger partial charge in [-0.3, -0.25) is 0 Å². The Bertz CT molecular complexity index is 486. The summed E-state index contributed by atoms with van der Waals surface area (Å²) in [7, 11) is 0. The van der Waals surface area contributed by atoms with Crippen LogP contribution in [0.25, 0.3) is 10.9 Å². The van der Waals surface area contributed by atoms with Gasteiger partial charge in [-0.2, -0.15) is 0 Å². The van der Waals surface area contributed by atoms with Crippen molar-refractivity contribution in [2.24, 2.45) is 11.7 Å². The third-order valence-corrected chi connectivity index (χ3v) is 3.89. The van der Waals surface area contributed by atoms with E-state index >= 15 is 0 Å². The highest BCUT2D eigenvalue weighted by atomic mass is 35.5. The summed E-state index contributed by atoms with van der Waals surface area (Å²) in [4.78, 5) is 3.31. The van der Waals surface area contributed by atoms with Crippen molar-refractivity contribution in [3.05, 3.63) is 36.0 Å². The molecule has 0 spiro atoms. The van der Waals surface area contributed by atoms with Crippen LogP contribution >= 0.6 is 12.4 Å². The van der Waals surface area contributed by atoms with Gasteiger partial charge < -0.3 is 10.7 Å². The number of nitrogens with one attached hydrogen (secondary N) is 1. The van der Waals surface area contributed by atoms with Crippen molar-refractivity contribution >= 4 is 23.3 Å². The zero-order valence-electron chi connectivity index (χ0n) is 9.86. The summed E-state index contributed by atoms with van der Waals surface area (Å²) in [5.41, 5.74) is 8.88. The monoisotopic (exact) mass is 250 g/mol. The Morgan fingerprint density at radius 1 is 1.18 bits per heavy atom. The summed E-state index contributed by atoms with van der Waals surface area (Å²) in [6.07, 6.45) is 7.37. The van der Waals surface area contributed by atoms with Crippen LogP contribution < -0.4 is 5.73 Å².